The van der Waals surface area contributed by atoms with E-state index in [0.717, 1.165) is 7.11 Å². The zero-order chi connectivity index (χ0) is 6.50. The van der Waals surface area contributed by atoms with Crippen molar-refractivity contribution in [3.63, 3.8) is 0 Å². The van der Waals surface area contributed by atoms with Gasteiger partial charge in [-0.15, -0.1) is 0 Å². The Labute approximate surface area is 63.2 Å². The first-order valence-corrected chi connectivity index (χ1v) is 2.45. The fraction of sp³-hybridized carbons (Fsp3) is 1.00. The van der Waals surface area contributed by atoms with Crippen LogP contribution in [0, 0.1) is 0 Å². The summed E-state index contributed by atoms with van der Waals surface area (Å²) in [4.78, 5) is 0. The molecule has 3 N–H and O–H groups in total. The Morgan fingerprint density at radius 2 is 1.22 bits per heavy atom. The van der Waals surface area contributed by atoms with Gasteiger partial charge in [0.2, 0.25) is 0 Å². The molecule has 0 aromatic heterocycles. The van der Waals surface area contributed by atoms with E-state index in [-0.39, 0.29) is 22.5 Å². The zero-order valence-corrected chi connectivity index (χ0v) is 6.36. The molecule has 0 unspecified atom stereocenters. The van der Waals surface area contributed by atoms with E-state index in [0.29, 0.717) is 0 Å². The molecular formula is CH6MnO6S. The monoisotopic (exact) mass is 201 g/mol. The van der Waals surface area contributed by atoms with Crippen molar-refractivity contribution in [1.29, 1.82) is 0 Å². The second-order valence-corrected chi connectivity index (χ2v) is 1.22. The molecule has 0 aromatic carbocycles. The van der Waals surface area contributed by atoms with Crippen molar-refractivity contribution in [2.24, 2.45) is 0 Å². The predicted molar refractivity (Wildman–Crippen MR) is 22.2 cm³/mol. The topological polar surface area (TPSA) is 132 Å². The van der Waals surface area contributed by atoms with Crippen LogP contribution < -0.4 is 0 Å². The molecule has 0 aromatic rings. The van der Waals surface area contributed by atoms with E-state index in [1.165, 1.54) is 0 Å². The summed E-state index contributed by atoms with van der Waals surface area (Å²) in [6.07, 6.45) is 0. The molecule has 59 valence electrons. The van der Waals surface area contributed by atoms with Gasteiger partial charge in [-0.2, -0.15) is 0 Å². The Bertz CT molecular complexity index is 96.2. The quantitative estimate of drug-likeness (QED) is 0.261. The van der Waals surface area contributed by atoms with Crippen LogP contribution in [0.3, 0.4) is 0 Å². The van der Waals surface area contributed by atoms with Crippen LogP contribution in [-0.2, 0) is 27.5 Å². The Kier molecular flexibility index (Phi) is 28.3. The summed E-state index contributed by atoms with van der Waals surface area (Å²) in [6.45, 7) is 0. The molecule has 0 atom stereocenters. The number of hydrogen-bond donors (Lipinski definition) is 1. The van der Waals surface area contributed by atoms with Gasteiger partial charge in [-0.1, -0.05) is 0 Å². The molecule has 0 saturated carbocycles. The molecule has 0 spiro atoms. The molecule has 0 aliphatic rings. The molecule has 0 fully saturated rings. The minimum atomic E-state index is -5.17. The summed E-state index contributed by atoms with van der Waals surface area (Å²) in [5, 5.41) is 7.00. The Morgan fingerprint density at radius 1 is 1.22 bits per heavy atom. The molecule has 0 rings (SSSR count). The van der Waals surface area contributed by atoms with Gasteiger partial charge in [-0.3, -0.25) is 8.42 Å². The Hall–Kier alpha value is 0.309. The van der Waals surface area contributed by atoms with Crippen molar-refractivity contribution in [3.05, 3.63) is 0 Å². The SMILES string of the molecule is CO.O.O=S(=O)([O-])[O-].[Mn+2]. The molecule has 0 saturated heterocycles. The largest absolute Gasteiger partial charge is 2.00 e. The normalized spacial score (nSPS) is 7.11. The molecule has 0 aliphatic carbocycles. The van der Waals surface area contributed by atoms with E-state index in [1.54, 1.807) is 0 Å². The first kappa shape index (κ1) is 22.8. The number of hydrogen-bond acceptors (Lipinski definition) is 5. The number of rotatable bonds is 0. The molecule has 8 heteroatoms. The molecular weight excluding hydrogens is 195 g/mol. The standard InChI is InChI=1S/CH4O.Mn.H2O4S.H2O/c1-2;;1-5(2,3)4;/h2H,1H3;;(H2,1,2,3,4);1H2/q;+2;;/p-2. The minimum absolute atomic E-state index is 0. The summed E-state index contributed by atoms with van der Waals surface area (Å²) < 4.78 is 34.1. The Morgan fingerprint density at radius 3 is 1.22 bits per heavy atom. The third kappa shape index (κ3) is 3450. The van der Waals surface area contributed by atoms with E-state index in [1.807, 2.05) is 0 Å². The summed E-state index contributed by atoms with van der Waals surface area (Å²) in [6, 6.07) is 0. The summed E-state index contributed by atoms with van der Waals surface area (Å²) in [7, 11) is -4.17. The molecule has 6 nitrogen and oxygen atoms in total. The van der Waals surface area contributed by atoms with Crippen molar-refractivity contribution >= 4 is 10.4 Å². The van der Waals surface area contributed by atoms with Gasteiger partial charge in [-0.25, -0.2) is 0 Å². The predicted octanol–water partition coefficient (Wildman–Crippen LogP) is -2.56. The summed E-state index contributed by atoms with van der Waals surface area (Å²) in [5.74, 6) is 0. The van der Waals surface area contributed by atoms with Crippen molar-refractivity contribution < 1.29 is 45.2 Å². The van der Waals surface area contributed by atoms with E-state index in [4.69, 9.17) is 22.6 Å². The fourth-order valence-corrected chi connectivity index (χ4v) is 0. The van der Waals surface area contributed by atoms with Gasteiger partial charge in [0, 0.05) is 17.5 Å². The number of aliphatic hydroxyl groups is 1. The van der Waals surface area contributed by atoms with Crippen LogP contribution in [-0.4, -0.2) is 35.2 Å². The fourth-order valence-electron chi connectivity index (χ4n) is 0. The summed E-state index contributed by atoms with van der Waals surface area (Å²) >= 11 is 0. The van der Waals surface area contributed by atoms with Crippen molar-refractivity contribution in [3.8, 4) is 0 Å². The van der Waals surface area contributed by atoms with Crippen LogP contribution in [0.2, 0.25) is 0 Å². The van der Waals surface area contributed by atoms with E-state index >= 15 is 0 Å². The second-order valence-electron chi connectivity index (χ2n) is 0.408. The van der Waals surface area contributed by atoms with Crippen molar-refractivity contribution in [1.82, 2.24) is 0 Å². The first-order chi connectivity index (χ1) is 3.00. The number of aliphatic hydroxyl groups excluding tert-OH is 1. The third-order valence-corrected chi connectivity index (χ3v) is 0. The molecule has 0 amide bonds. The van der Waals surface area contributed by atoms with Gasteiger partial charge in [0.1, 0.15) is 0 Å². The minimum Gasteiger partial charge on any atom is -0.759 e. The molecule has 0 aliphatic heterocycles. The van der Waals surface area contributed by atoms with Crippen LogP contribution in [0.1, 0.15) is 0 Å². The average Bonchev–Trinajstić information content (AvgIpc) is 1.36. The van der Waals surface area contributed by atoms with Crippen molar-refractivity contribution in [2.75, 3.05) is 7.11 Å². The summed E-state index contributed by atoms with van der Waals surface area (Å²) in [5.41, 5.74) is 0. The van der Waals surface area contributed by atoms with Gasteiger partial charge in [0.05, 0.1) is 0 Å². The van der Waals surface area contributed by atoms with Crippen LogP contribution >= 0.6 is 0 Å². The maximum Gasteiger partial charge on any atom is 2.00 e. The smallest absolute Gasteiger partial charge is 0.759 e. The second kappa shape index (κ2) is 11.2. The first-order valence-electron chi connectivity index (χ1n) is 1.11. The average molecular weight is 201 g/mol. The van der Waals surface area contributed by atoms with Crippen LogP contribution in [0.25, 0.3) is 0 Å². The van der Waals surface area contributed by atoms with Crippen LogP contribution in [0.5, 0.6) is 0 Å². The van der Waals surface area contributed by atoms with E-state index in [2.05, 4.69) is 0 Å². The maximum absolute atomic E-state index is 8.52. The van der Waals surface area contributed by atoms with E-state index < -0.39 is 10.4 Å². The van der Waals surface area contributed by atoms with Crippen molar-refractivity contribution in [2.45, 2.75) is 0 Å². The maximum atomic E-state index is 8.52. The van der Waals surface area contributed by atoms with Crippen LogP contribution in [0.4, 0.5) is 0 Å². The third-order valence-electron chi connectivity index (χ3n) is 0. The van der Waals surface area contributed by atoms with Gasteiger partial charge >= 0.3 is 17.1 Å². The Balaban J connectivity index is -0.0000000286. The zero-order valence-electron chi connectivity index (χ0n) is 4.37. The van der Waals surface area contributed by atoms with Gasteiger partial charge in [-0.05, 0) is 0 Å². The molecule has 9 heavy (non-hydrogen) atoms. The van der Waals surface area contributed by atoms with Crippen LogP contribution in [0.15, 0.2) is 0 Å². The van der Waals surface area contributed by atoms with Gasteiger partial charge in [0.25, 0.3) is 0 Å². The van der Waals surface area contributed by atoms with Gasteiger partial charge in [0.15, 0.2) is 0 Å². The molecule has 0 heterocycles. The van der Waals surface area contributed by atoms with Gasteiger partial charge < -0.3 is 19.7 Å². The molecule has 1 radical (unpaired) electrons. The van der Waals surface area contributed by atoms with E-state index in [9.17, 15) is 0 Å². The molecule has 0 bridgehead atoms.